The zero-order valence-electron chi connectivity index (χ0n) is 13.9. The van der Waals surface area contributed by atoms with E-state index in [1.807, 2.05) is 18.2 Å². The summed E-state index contributed by atoms with van der Waals surface area (Å²) in [6.07, 6.45) is 0.854. The first-order chi connectivity index (χ1) is 11.2. The summed E-state index contributed by atoms with van der Waals surface area (Å²) in [4.78, 5) is 14.3. The van der Waals surface area contributed by atoms with Gasteiger partial charge in [0, 0.05) is 32.6 Å². The van der Waals surface area contributed by atoms with Gasteiger partial charge in [-0.3, -0.25) is 9.69 Å². The van der Waals surface area contributed by atoms with E-state index in [0.29, 0.717) is 32.7 Å². The van der Waals surface area contributed by atoms with Gasteiger partial charge in [-0.1, -0.05) is 37.3 Å². The van der Waals surface area contributed by atoms with Gasteiger partial charge in [0.1, 0.15) is 0 Å². The predicted molar refractivity (Wildman–Crippen MR) is 90.4 cm³/mol. The maximum Gasteiger partial charge on any atom is 0.220 e. The minimum Gasteiger partial charge on any atom is -0.390 e. The monoisotopic (exact) mass is 320 g/mol. The molecule has 0 saturated carbocycles. The van der Waals surface area contributed by atoms with E-state index in [0.717, 1.165) is 19.5 Å². The van der Waals surface area contributed by atoms with Crippen LogP contribution in [0.1, 0.15) is 31.2 Å². The van der Waals surface area contributed by atoms with Crippen LogP contribution in [0.25, 0.3) is 0 Å². The molecule has 5 nitrogen and oxygen atoms in total. The van der Waals surface area contributed by atoms with E-state index in [1.165, 1.54) is 5.56 Å². The first-order valence-corrected chi connectivity index (χ1v) is 8.48. The Kier molecular flexibility index (Phi) is 7.52. The molecule has 0 bridgehead atoms. The van der Waals surface area contributed by atoms with Gasteiger partial charge in [0.2, 0.25) is 5.91 Å². The van der Waals surface area contributed by atoms with Crippen LogP contribution in [0.3, 0.4) is 0 Å². The number of aliphatic hydroxyl groups is 1. The maximum absolute atomic E-state index is 12.1. The minimum absolute atomic E-state index is 0.00160. The van der Waals surface area contributed by atoms with Crippen molar-refractivity contribution in [3.63, 3.8) is 0 Å². The van der Waals surface area contributed by atoms with Crippen LogP contribution in [-0.4, -0.2) is 61.4 Å². The Labute approximate surface area is 138 Å². The predicted octanol–water partition coefficient (Wildman–Crippen LogP) is 1.38. The summed E-state index contributed by atoms with van der Waals surface area (Å²) < 4.78 is 5.28. The molecule has 1 aromatic rings. The molecule has 2 atom stereocenters. The molecular formula is C18H28N2O3. The molecule has 1 aliphatic rings. The van der Waals surface area contributed by atoms with Crippen molar-refractivity contribution in [2.45, 2.75) is 31.8 Å². The van der Waals surface area contributed by atoms with Crippen molar-refractivity contribution in [1.82, 2.24) is 10.2 Å². The van der Waals surface area contributed by atoms with Gasteiger partial charge in [-0.2, -0.15) is 0 Å². The first kappa shape index (κ1) is 17.9. The van der Waals surface area contributed by atoms with Gasteiger partial charge in [0.25, 0.3) is 0 Å². The summed E-state index contributed by atoms with van der Waals surface area (Å²) in [5.41, 5.74) is 1.19. The number of nitrogens with zero attached hydrogens (tertiary/aromatic N) is 1. The topological polar surface area (TPSA) is 61.8 Å². The highest BCUT2D eigenvalue weighted by Gasteiger charge is 2.17. The van der Waals surface area contributed by atoms with Crippen LogP contribution >= 0.6 is 0 Å². The molecule has 1 fully saturated rings. The zero-order valence-corrected chi connectivity index (χ0v) is 13.9. The number of morpholine rings is 1. The number of rotatable bonds is 8. The van der Waals surface area contributed by atoms with Crippen molar-refractivity contribution in [2.75, 3.05) is 39.4 Å². The van der Waals surface area contributed by atoms with Crippen molar-refractivity contribution in [3.8, 4) is 0 Å². The fourth-order valence-electron chi connectivity index (χ4n) is 2.90. The molecule has 0 aliphatic carbocycles. The molecule has 2 N–H and O–H groups in total. The average molecular weight is 320 g/mol. The molecule has 2 unspecified atom stereocenters. The SMILES string of the molecule is CCC(CC(=O)NCC(O)CN1CCOCC1)c1ccccc1. The Balaban J connectivity index is 1.71. The lowest BCUT2D eigenvalue weighted by atomic mass is 9.93. The summed E-state index contributed by atoms with van der Waals surface area (Å²) in [6, 6.07) is 10.1. The Morgan fingerprint density at radius 2 is 2.00 bits per heavy atom. The second-order valence-corrected chi connectivity index (χ2v) is 6.09. The van der Waals surface area contributed by atoms with Crippen molar-refractivity contribution in [2.24, 2.45) is 0 Å². The van der Waals surface area contributed by atoms with E-state index in [9.17, 15) is 9.90 Å². The first-order valence-electron chi connectivity index (χ1n) is 8.48. The lowest BCUT2D eigenvalue weighted by Gasteiger charge is -2.28. The number of amides is 1. The molecule has 128 valence electrons. The molecule has 1 amide bonds. The molecule has 1 aliphatic heterocycles. The van der Waals surface area contributed by atoms with Gasteiger partial charge in [0.05, 0.1) is 19.3 Å². The van der Waals surface area contributed by atoms with Gasteiger partial charge in [-0.15, -0.1) is 0 Å². The number of hydrogen-bond acceptors (Lipinski definition) is 4. The summed E-state index contributed by atoms with van der Waals surface area (Å²) in [5, 5.41) is 12.9. The second kappa shape index (κ2) is 9.65. The second-order valence-electron chi connectivity index (χ2n) is 6.09. The van der Waals surface area contributed by atoms with Gasteiger partial charge < -0.3 is 15.2 Å². The third-order valence-electron chi connectivity index (χ3n) is 4.30. The third-order valence-corrected chi connectivity index (χ3v) is 4.30. The van der Waals surface area contributed by atoms with E-state index in [2.05, 4.69) is 29.3 Å². The zero-order chi connectivity index (χ0) is 16.5. The standard InChI is InChI=1S/C18H28N2O3/c1-2-15(16-6-4-3-5-7-16)12-18(22)19-13-17(21)14-20-8-10-23-11-9-20/h3-7,15,17,21H,2,8-14H2,1H3,(H,19,22). The average Bonchev–Trinajstić information content (AvgIpc) is 2.59. The summed E-state index contributed by atoms with van der Waals surface area (Å²) in [6.45, 7) is 6.11. The lowest BCUT2D eigenvalue weighted by Crippen LogP contribution is -2.44. The smallest absolute Gasteiger partial charge is 0.220 e. The number of ether oxygens (including phenoxy) is 1. The van der Waals surface area contributed by atoms with Crippen LogP contribution in [-0.2, 0) is 9.53 Å². The number of carbonyl (C=O) groups excluding carboxylic acids is 1. The minimum atomic E-state index is -0.533. The summed E-state index contributed by atoms with van der Waals surface area (Å²) in [5.74, 6) is 0.231. The molecule has 1 aromatic carbocycles. The number of benzene rings is 1. The molecule has 1 heterocycles. The molecule has 0 aromatic heterocycles. The molecule has 2 rings (SSSR count). The van der Waals surface area contributed by atoms with Crippen molar-refractivity contribution in [1.29, 1.82) is 0 Å². The number of nitrogens with one attached hydrogen (secondary N) is 1. The molecule has 5 heteroatoms. The van der Waals surface area contributed by atoms with Crippen LogP contribution in [0.4, 0.5) is 0 Å². The number of carbonyl (C=O) groups is 1. The Morgan fingerprint density at radius 3 is 2.65 bits per heavy atom. The number of aliphatic hydroxyl groups excluding tert-OH is 1. The fourth-order valence-corrected chi connectivity index (χ4v) is 2.90. The molecule has 0 radical (unpaired) electrons. The molecule has 1 saturated heterocycles. The number of hydrogen-bond donors (Lipinski definition) is 2. The van der Waals surface area contributed by atoms with Gasteiger partial charge in [-0.25, -0.2) is 0 Å². The Morgan fingerprint density at radius 1 is 1.30 bits per heavy atom. The normalized spacial score (nSPS) is 18.3. The highest BCUT2D eigenvalue weighted by Crippen LogP contribution is 2.22. The van der Waals surface area contributed by atoms with Gasteiger partial charge >= 0.3 is 0 Å². The van der Waals surface area contributed by atoms with Gasteiger partial charge in [0.15, 0.2) is 0 Å². The van der Waals surface area contributed by atoms with Crippen LogP contribution in [0.5, 0.6) is 0 Å². The van der Waals surface area contributed by atoms with Crippen LogP contribution in [0.15, 0.2) is 30.3 Å². The van der Waals surface area contributed by atoms with E-state index < -0.39 is 6.10 Å². The van der Waals surface area contributed by atoms with E-state index >= 15 is 0 Å². The van der Waals surface area contributed by atoms with Crippen molar-refractivity contribution >= 4 is 5.91 Å². The maximum atomic E-state index is 12.1. The highest BCUT2D eigenvalue weighted by atomic mass is 16.5. The molecule has 23 heavy (non-hydrogen) atoms. The molecule has 0 spiro atoms. The van der Waals surface area contributed by atoms with E-state index in [1.54, 1.807) is 0 Å². The third kappa shape index (κ3) is 6.29. The van der Waals surface area contributed by atoms with Crippen LogP contribution in [0, 0.1) is 0 Å². The molecular weight excluding hydrogens is 292 g/mol. The van der Waals surface area contributed by atoms with Crippen molar-refractivity contribution < 1.29 is 14.6 Å². The highest BCUT2D eigenvalue weighted by molar-refractivity contribution is 5.76. The summed E-state index contributed by atoms with van der Waals surface area (Å²) >= 11 is 0. The number of β-amino-alcohol motifs (C(OH)–C–C–N with tert-alkyl or cyclic N) is 1. The van der Waals surface area contributed by atoms with Crippen LogP contribution in [0.2, 0.25) is 0 Å². The quantitative estimate of drug-likeness (QED) is 0.760. The van der Waals surface area contributed by atoms with Gasteiger partial charge in [-0.05, 0) is 17.9 Å². The van der Waals surface area contributed by atoms with E-state index in [-0.39, 0.29) is 11.8 Å². The lowest BCUT2D eigenvalue weighted by molar-refractivity contribution is -0.122. The van der Waals surface area contributed by atoms with E-state index in [4.69, 9.17) is 4.74 Å². The van der Waals surface area contributed by atoms with Crippen LogP contribution < -0.4 is 5.32 Å². The Hall–Kier alpha value is -1.43. The largest absolute Gasteiger partial charge is 0.390 e. The van der Waals surface area contributed by atoms with Crippen molar-refractivity contribution in [3.05, 3.63) is 35.9 Å². The summed E-state index contributed by atoms with van der Waals surface area (Å²) in [7, 11) is 0. The Bertz CT molecular complexity index is 461. The fraction of sp³-hybridized carbons (Fsp3) is 0.611.